The highest BCUT2D eigenvalue weighted by atomic mass is 14.9. The summed E-state index contributed by atoms with van der Waals surface area (Å²) in [7, 11) is 3.91. The van der Waals surface area contributed by atoms with Gasteiger partial charge in [0, 0.05) is 37.8 Å². The zero-order valence-electron chi connectivity index (χ0n) is 8.35. The van der Waals surface area contributed by atoms with Gasteiger partial charge in [-0.25, -0.2) is 4.98 Å². The van der Waals surface area contributed by atoms with E-state index in [9.17, 15) is 0 Å². The zero-order valence-corrected chi connectivity index (χ0v) is 8.35. The second-order valence-electron chi connectivity index (χ2n) is 3.06. The van der Waals surface area contributed by atoms with Gasteiger partial charge in [-0.3, -0.25) is 0 Å². The van der Waals surface area contributed by atoms with Gasteiger partial charge in [0.15, 0.2) is 0 Å². The predicted molar refractivity (Wildman–Crippen MR) is 53.8 cm³/mol. The molecule has 0 aliphatic heterocycles. The van der Waals surface area contributed by atoms with Gasteiger partial charge in [-0.05, 0) is 14.1 Å². The van der Waals surface area contributed by atoms with Crippen LogP contribution in [0.5, 0.6) is 0 Å². The Balaban J connectivity index is 2.34. The fourth-order valence-corrected chi connectivity index (χ4v) is 1.16. The third kappa shape index (κ3) is 3.57. The Morgan fingerprint density at radius 1 is 1.23 bits per heavy atom. The minimum Gasteiger partial charge on any atom is -0.346 e. The summed E-state index contributed by atoms with van der Waals surface area (Å²) in [6.07, 6.45) is 3.90. The quantitative estimate of drug-likeness (QED) is 0.577. The van der Waals surface area contributed by atoms with Crippen LogP contribution in [0.25, 0.3) is 0 Å². The van der Waals surface area contributed by atoms with Crippen molar-refractivity contribution in [2.75, 3.05) is 27.2 Å². The lowest BCUT2D eigenvalue weighted by Crippen LogP contribution is -2.12. The Bertz CT molecular complexity index is 209. The minimum absolute atomic E-state index is 0.968. The summed E-state index contributed by atoms with van der Waals surface area (Å²) in [5.41, 5.74) is 1.21. The maximum absolute atomic E-state index is 4.28. The van der Waals surface area contributed by atoms with Crippen LogP contribution in [0, 0.1) is 0 Å². The molecule has 1 rings (SSSR count). The normalized spacial score (nSPS) is 10.6. The van der Waals surface area contributed by atoms with Crippen LogP contribution in [0.15, 0.2) is 6.20 Å². The molecule has 0 aliphatic carbocycles. The SMILES string of the molecule is CNCCc1cnc(CCNC)[nH]1. The lowest BCUT2D eigenvalue weighted by atomic mass is 10.3. The van der Waals surface area contributed by atoms with Crippen LogP contribution in [-0.4, -0.2) is 37.2 Å². The average Bonchev–Trinajstić information content (AvgIpc) is 2.59. The van der Waals surface area contributed by atoms with Crippen molar-refractivity contribution in [1.29, 1.82) is 0 Å². The molecule has 0 saturated heterocycles. The fourth-order valence-electron chi connectivity index (χ4n) is 1.16. The number of nitrogens with zero attached hydrogens (tertiary/aromatic N) is 1. The first kappa shape index (κ1) is 10.2. The molecule has 0 aromatic carbocycles. The van der Waals surface area contributed by atoms with Crippen molar-refractivity contribution in [1.82, 2.24) is 20.6 Å². The van der Waals surface area contributed by atoms with Crippen molar-refractivity contribution in [2.45, 2.75) is 12.8 Å². The third-order valence-electron chi connectivity index (χ3n) is 1.94. The lowest BCUT2D eigenvalue weighted by Gasteiger charge is -1.96. The Morgan fingerprint density at radius 3 is 2.62 bits per heavy atom. The standard InChI is InChI=1S/C9H18N4/c1-10-5-3-8-7-12-9(13-8)4-6-11-2/h7,10-11H,3-6H2,1-2H3,(H,12,13). The summed E-state index contributed by atoms with van der Waals surface area (Å²) in [4.78, 5) is 7.57. The van der Waals surface area contributed by atoms with Gasteiger partial charge in [-0.2, -0.15) is 0 Å². The van der Waals surface area contributed by atoms with E-state index < -0.39 is 0 Å². The third-order valence-corrected chi connectivity index (χ3v) is 1.94. The van der Waals surface area contributed by atoms with E-state index in [-0.39, 0.29) is 0 Å². The van der Waals surface area contributed by atoms with Crippen molar-refractivity contribution >= 4 is 0 Å². The molecule has 13 heavy (non-hydrogen) atoms. The van der Waals surface area contributed by atoms with E-state index in [0.717, 1.165) is 31.8 Å². The Morgan fingerprint density at radius 2 is 1.92 bits per heavy atom. The van der Waals surface area contributed by atoms with Crippen LogP contribution in [-0.2, 0) is 12.8 Å². The molecule has 0 atom stereocenters. The second-order valence-corrected chi connectivity index (χ2v) is 3.06. The summed E-state index contributed by atoms with van der Waals surface area (Å²) in [5, 5.41) is 6.20. The molecule has 0 fully saturated rings. The second kappa shape index (κ2) is 5.72. The average molecular weight is 182 g/mol. The van der Waals surface area contributed by atoms with Gasteiger partial charge in [-0.15, -0.1) is 0 Å². The number of H-pyrrole nitrogens is 1. The number of likely N-dealkylation sites (N-methyl/N-ethyl adjacent to an activating group) is 2. The summed E-state index contributed by atoms with van der Waals surface area (Å²) < 4.78 is 0. The van der Waals surface area contributed by atoms with E-state index in [2.05, 4.69) is 20.6 Å². The highest BCUT2D eigenvalue weighted by Crippen LogP contribution is 1.97. The predicted octanol–water partition coefficient (Wildman–Crippen LogP) is -0.0665. The Kier molecular flexibility index (Phi) is 4.49. The van der Waals surface area contributed by atoms with E-state index in [1.165, 1.54) is 5.69 Å². The van der Waals surface area contributed by atoms with Crippen LogP contribution in [0.3, 0.4) is 0 Å². The van der Waals surface area contributed by atoms with Gasteiger partial charge in [0.25, 0.3) is 0 Å². The van der Waals surface area contributed by atoms with Crippen molar-refractivity contribution in [3.63, 3.8) is 0 Å². The zero-order chi connectivity index (χ0) is 9.52. The summed E-state index contributed by atoms with van der Waals surface area (Å²) in [6.45, 7) is 1.96. The van der Waals surface area contributed by atoms with Crippen LogP contribution in [0.2, 0.25) is 0 Å². The first-order chi connectivity index (χ1) is 6.36. The fraction of sp³-hybridized carbons (Fsp3) is 0.667. The van der Waals surface area contributed by atoms with Gasteiger partial charge >= 0.3 is 0 Å². The van der Waals surface area contributed by atoms with Crippen LogP contribution >= 0.6 is 0 Å². The number of aromatic amines is 1. The topological polar surface area (TPSA) is 52.7 Å². The lowest BCUT2D eigenvalue weighted by molar-refractivity contribution is 0.753. The molecule has 0 aliphatic rings. The number of rotatable bonds is 6. The maximum Gasteiger partial charge on any atom is 0.107 e. The minimum atomic E-state index is 0.968. The van der Waals surface area contributed by atoms with Gasteiger partial charge in [0.1, 0.15) is 5.82 Å². The Hall–Kier alpha value is -0.870. The van der Waals surface area contributed by atoms with E-state index in [0.29, 0.717) is 0 Å². The largest absolute Gasteiger partial charge is 0.346 e. The molecule has 1 aromatic heterocycles. The molecule has 74 valence electrons. The van der Waals surface area contributed by atoms with Crippen LogP contribution < -0.4 is 10.6 Å². The molecular weight excluding hydrogens is 164 g/mol. The first-order valence-electron chi connectivity index (χ1n) is 4.68. The molecule has 3 N–H and O–H groups in total. The summed E-state index contributed by atoms with van der Waals surface area (Å²) in [5.74, 6) is 1.07. The van der Waals surface area contributed by atoms with Crippen molar-refractivity contribution in [3.8, 4) is 0 Å². The van der Waals surface area contributed by atoms with E-state index in [4.69, 9.17) is 0 Å². The van der Waals surface area contributed by atoms with Crippen molar-refractivity contribution in [3.05, 3.63) is 17.7 Å². The monoisotopic (exact) mass is 182 g/mol. The molecular formula is C9H18N4. The van der Waals surface area contributed by atoms with Crippen LogP contribution in [0.1, 0.15) is 11.5 Å². The van der Waals surface area contributed by atoms with Gasteiger partial charge in [-0.1, -0.05) is 0 Å². The molecule has 1 aromatic rings. The molecule has 1 heterocycles. The maximum atomic E-state index is 4.28. The van der Waals surface area contributed by atoms with Crippen molar-refractivity contribution < 1.29 is 0 Å². The van der Waals surface area contributed by atoms with Gasteiger partial charge < -0.3 is 15.6 Å². The van der Waals surface area contributed by atoms with Crippen LogP contribution in [0.4, 0.5) is 0 Å². The summed E-state index contributed by atoms with van der Waals surface area (Å²) in [6, 6.07) is 0. The molecule has 0 amide bonds. The van der Waals surface area contributed by atoms with Gasteiger partial charge in [0.2, 0.25) is 0 Å². The highest BCUT2D eigenvalue weighted by Gasteiger charge is 1.98. The molecule has 0 radical (unpaired) electrons. The smallest absolute Gasteiger partial charge is 0.107 e. The number of nitrogens with one attached hydrogen (secondary N) is 3. The van der Waals surface area contributed by atoms with E-state index >= 15 is 0 Å². The first-order valence-corrected chi connectivity index (χ1v) is 4.68. The molecule has 0 unspecified atom stereocenters. The molecule has 4 heteroatoms. The van der Waals surface area contributed by atoms with E-state index in [1.807, 2.05) is 20.3 Å². The molecule has 0 spiro atoms. The van der Waals surface area contributed by atoms with Gasteiger partial charge in [0.05, 0.1) is 0 Å². The Labute approximate surface area is 79.1 Å². The highest BCUT2D eigenvalue weighted by molar-refractivity contribution is 5.02. The van der Waals surface area contributed by atoms with Crippen molar-refractivity contribution in [2.24, 2.45) is 0 Å². The van der Waals surface area contributed by atoms with E-state index in [1.54, 1.807) is 0 Å². The molecule has 0 saturated carbocycles. The summed E-state index contributed by atoms with van der Waals surface area (Å²) >= 11 is 0. The number of hydrogen-bond donors (Lipinski definition) is 3. The number of hydrogen-bond acceptors (Lipinski definition) is 3. The number of aromatic nitrogens is 2. The number of imidazole rings is 1. The molecule has 0 bridgehead atoms. The molecule has 4 nitrogen and oxygen atoms in total.